The number of rotatable bonds is 3. The number of hydrogen-bond acceptors (Lipinski definition) is 3. The van der Waals surface area contributed by atoms with Crippen molar-refractivity contribution in [3.8, 4) is 5.75 Å². The van der Waals surface area contributed by atoms with E-state index in [1.54, 1.807) is 13.0 Å². The number of allylic oxidation sites excluding steroid dienone is 1. The Morgan fingerprint density at radius 3 is 2.80 bits per heavy atom. The fourth-order valence-corrected chi connectivity index (χ4v) is 1.28. The van der Waals surface area contributed by atoms with Gasteiger partial charge in [0.2, 0.25) is 5.70 Å². The first-order valence-corrected chi connectivity index (χ1v) is 4.76. The molecule has 0 radical (unpaired) electrons. The van der Waals surface area contributed by atoms with Crippen molar-refractivity contribution in [3.05, 3.63) is 44.6 Å². The van der Waals surface area contributed by atoms with Crippen molar-refractivity contribution < 1.29 is 10.0 Å². The monoisotopic (exact) mass is 227 g/mol. The fraction of sp³-hybridized carbons (Fsp3) is 0.200. The van der Waals surface area contributed by atoms with E-state index in [2.05, 4.69) is 0 Å². The topological polar surface area (TPSA) is 63.4 Å². The van der Waals surface area contributed by atoms with Gasteiger partial charge < -0.3 is 5.11 Å². The van der Waals surface area contributed by atoms with Gasteiger partial charge in [-0.05, 0) is 17.7 Å². The molecule has 1 aromatic rings. The van der Waals surface area contributed by atoms with Gasteiger partial charge in [0.1, 0.15) is 5.75 Å². The van der Waals surface area contributed by atoms with Crippen LogP contribution < -0.4 is 0 Å². The zero-order valence-corrected chi connectivity index (χ0v) is 8.86. The van der Waals surface area contributed by atoms with Crippen LogP contribution in [0, 0.1) is 10.1 Å². The summed E-state index contributed by atoms with van der Waals surface area (Å²) in [7, 11) is 0. The van der Waals surface area contributed by atoms with E-state index < -0.39 is 4.92 Å². The summed E-state index contributed by atoms with van der Waals surface area (Å²) in [6, 6.07) is 4.46. The quantitative estimate of drug-likeness (QED) is 0.638. The Hall–Kier alpha value is -1.55. The second-order valence-electron chi connectivity index (χ2n) is 2.96. The Labute approximate surface area is 92.0 Å². The second kappa shape index (κ2) is 4.79. The summed E-state index contributed by atoms with van der Waals surface area (Å²) in [5.41, 5.74) is 0.711. The molecule has 80 valence electrons. The lowest BCUT2D eigenvalue weighted by Crippen LogP contribution is -1.96. The molecule has 0 saturated heterocycles. The van der Waals surface area contributed by atoms with E-state index in [4.69, 9.17) is 16.7 Å². The Kier molecular flexibility index (Phi) is 3.68. The lowest BCUT2D eigenvalue weighted by molar-refractivity contribution is -0.425. The zero-order valence-electron chi connectivity index (χ0n) is 8.11. The largest absolute Gasteiger partial charge is 0.506 e. The van der Waals surface area contributed by atoms with Crippen molar-refractivity contribution in [2.45, 2.75) is 13.3 Å². The molecule has 0 aliphatic heterocycles. The van der Waals surface area contributed by atoms with E-state index in [0.717, 1.165) is 0 Å². The Morgan fingerprint density at radius 1 is 1.67 bits per heavy atom. The van der Waals surface area contributed by atoms with Crippen LogP contribution in [0.1, 0.15) is 18.9 Å². The summed E-state index contributed by atoms with van der Waals surface area (Å²) in [6.07, 6.45) is 1.77. The Morgan fingerprint density at radius 2 is 2.33 bits per heavy atom. The van der Waals surface area contributed by atoms with Crippen molar-refractivity contribution in [1.82, 2.24) is 0 Å². The predicted molar refractivity (Wildman–Crippen MR) is 58.4 cm³/mol. The van der Waals surface area contributed by atoms with Crippen molar-refractivity contribution >= 4 is 17.7 Å². The van der Waals surface area contributed by atoms with E-state index in [-0.39, 0.29) is 16.5 Å². The number of nitro groups is 1. The lowest BCUT2D eigenvalue weighted by atomic mass is 10.1. The highest BCUT2D eigenvalue weighted by Gasteiger charge is 2.07. The van der Waals surface area contributed by atoms with Gasteiger partial charge in [-0.25, -0.2) is 0 Å². The predicted octanol–water partition coefficient (Wildman–Crippen LogP) is 3.07. The molecule has 0 heterocycles. The maximum absolute atomic E-state index is 10.5. The lowest BCUT2D eigenvalue weighted by Gasteiger charge is -1.98. The van der Waals surface area contributed by atoms with E-state index in [1.807, 2.05) is 0 Å². The van der Waals surface area contributed by atoms with Crippen LogP contribution >= 0.6 is 11.6 Å². The van der Waals surface area contributed by atoms with E-state index in [9.17, 15) is 10.1 Å². The average molecular weight is 228 g/mol. The molecule has 0 amide bonds. The van der Waals surface area contributed by atoms with E-state index in [1.165, 1.54) is 18.2 Å². The van der Waals surface area contributed by atoms with Crippen LogP contribution in [0.2, 0.25) is 5.02 Å². The molecule has 1 N–H and O–H groups in total. The summed E-state index contributed by atoms with van der Waals surface area (Å²) in [4.78, 5) is 10.1. The van der Waals surface area contributed by atoms with Crippen LogP contribution in [0.4, 0.5) is 0 Å². The maximum Gasteiger partial charge on any atom is 0.246 e. The van der Waals surface area contributed by atoms with Gasteiger partial charge in [0.15, 0.2) is 0 Å². The number of hydrogen-bond donors (Lipinski definition) is 1. The fourth-order valence-electron chi connectivity index (χ4n) is 1.09. The summed E-state index contributed by atoms with van der Waals surface area (Å²) in [6.45, 7) is 1.71. The zero-order chi connectivity index (χ0) is 11.4. The minimum Gasteiger partial charge on any atom is -0.506 e. The third-order valence-corrected chi connectivity index (χ3v) is 2.20. The molecule has 0 aliphatic carbocycles. The standard InChI is InChI=1S/C10H10ClNO3/c1-2-8(12(14)15)5-7-3-4-10(13)9(11)6-7/h3-6,13H,2H2,1H3. The maximum atomic E-state index is 10.5. The molecule has 0 fully saturated rings. The van der Waals surface area contributed by atoms with E-state index in [0.29, 0.717) is 12.0 Å². The molecular formula is C10H10ClNO3. The van der Waals surface area contributed by atoms with Crippen LogP contribution in [0.25, 0.3) is 6.08 Å². The summed E-state index contributed by atoms with van der Waals surface area (Å²) in [5, 5.41) is 19.9. The molecule has 5 heteroatoms. The minimum absolute atomic E-state index is 0.0343. The molecule has 1 rings (SSSR count). The molecular weight excluding hydrogens is 218 g/mol. The smallest absolute Gasteiger partial charge is 0.246 e. The summed E-state index contributed by atoms with van der Waals surface area (Å²) in [5.74, 6) is -0.0343. The van der Waals surface area contributed by atoms with Crippen molar-refractivity contribution in [2.75, 3.05) is 0 Å². The third kappa shape index (κ3) is 2.95. The van der Waals surface area contributed by atoms with Crippen molar-refractivity contribution in [2.24, 2.45) is 0 Å². The van der Waals surface area contributed by atoms with Crippen LogP contribution in [0.3, 0.4) is 0 Å². The van der Waals surface area contributed by atoms with Gasteiger partial charge in [-0.3, -0.25) is 10.1 Å². The molecule has 0 unspecified atom stereocenters. The highest BCUT2D eigenvalue weighted by atomic mass is 35.5. The van der Waals surface area contributed by atoms with Gasteiger partial charge in [0.25, 0.3) is 0 Å². The highest BCUT2D eigenvalue weighted by molar-refractivity contribution is 6.32. The summed E-state index contributed by atoms with van der Waals surface area (Å²) >= 11 is 5.67. The van der Waals surface area contributed by atoms with Crippen LogP contribution in [0.5, 0.6) is 5.75 Å². The molecule has 0 spiro atoms. The average Bonchev–Trinajstić information content (AvgIpc) is 2.19. The van der Waals surface area contributed by atoms with Gasteiger partial charge in [-0.1, -0.05) is 24.6 Å². The minimum atomic E-state index is -0.430. The van der Waals surface area contributed by atoms with Gasteiger partial charge in [0, 0.05) is 12.5 Å². The number of nitrogens with zero attached hydrogens (tertiary/aromatic N) is 1. The summed E-state index contributed by atoms with van der Waals surface area (Å²) < 4.78 is 0. The SMILES string of the molecule is CCC(=Cc1ccc(O)c(Cl)c1)[N+](=O)[O-]. The highest BCUT2D eigenvalue weighted by Crippen LogP contribution is 2.24. The third-order valence-electron chi connectivity index (χ3n) is 1.90. The number of benzene rings is 1. The molecule has 0 bridgehead atoms. The van der Waals surface area contributed by atoms with Crippen molar-refractivity contribution in [1.29, 1.82) is 0 Å². The van der Waals surface area contributed by atoms with E-state index >= 15 is 0 Å². The number of phenols is 1. The van der Waals surface area contributed by atoms with Gasteiger partial charge in [-0.15, -0.1) is 0 Å². The molecule has 0 aliphatic rings. The second-order valence-corrected chi connectivity index (χ2v) is 3.36. The molecule has 4 nitrogen and oxygen atoms in total. The first-order chi connectivity index (χ1) is 7.04. The number of halogens is 1. The van der Waals surface area contributed by atoms with Crippen LogP contribution in [-0.4, -0.2) is 10.0 Å². The number of aromatic hydroxyl groups is 1. The van der Waals surface area contributed by atoms with Gasteiger partial charge in [0.05, 0.1) is 9.95 Å². The molecule has 0 atom stereocenters. The Balaban J connectivity index is 3.07. The van der Waals surface area contributed by atoms with Gasteiger partial charge in [-0.2, -0.15) is 0 Å². The molecule has 0 aromatic heterocycles. The van der Waals surface area contributed by atoms with Crippen LogP contribution in [0.15, 0.2) is 23.9 Å². The first kappa shape index (κ1) is 11.5. The van der Waals surface area contributed by atoms with Crippen LogP contribution in [-0.2, 0) is 0 Å². The molecule has 1 aromatic carbocycles. The van der Waals surface area contributed by atoms with Crippen molar-refractivity contribution in [3.63, 3.8) is 0 Å². The van der Waals surface area contributed by atoms with Gasteiger partial charge >= 0.3 is 0 Å². The normalized spacial score (nSPS) is 11.5. The Bertz CT molecular complexity index is 415. The first-order valence-electron chi connectivity index (χ1n) is 4.38. The molecule has 0 saturated carbocycles. The molecule has 15 heavy (non-hydrogen) atoms. The number of phenolic OH excluding ortho intramolecular Hbond substituents is 1.